The van der Waals surface area contributed by atoms with Crippen molar-refractivity contribution in [3.8, 4) is 0 Å². The van der Waals surface area contributed by atoms with Gasteiger partial charge in [0.1, 0.15) is 17.9 Å². The van der Waals surface area contributed by atoms with E-state index in [1.54, 1.807) is 4.90 Å². The number of Topliss-reactive ketones (excluding diaryl/α,β-unsaturated/α-hetero) is 1. The minimum atomic E-state index is -1.01. The fraction of sp³-hybridized carbons (Fsp3) is 0.543. The van der Waals surface area contributed by atoms with Gasteiger partial charge in [-0.2, -0.15) is 0 Å². The van der Waals surface area contributed by atoms with Crippen LogP contribution < -0.4 is 5.73 Å². The monoisotopic (exact) mass is 589 g/mol. The van der Waals surface area contributed by atoms with Crippen LogP contribution in [0, 0.1) is 11.8 Å². The van der Waals surface area contributed by atoms with Gasteiger partial charge in [0.05, 0.1) is 0 Å². The molecule has 4 atom stereocenters. The number of carbonyl (C=O) groups is 4. The number of hydrogen-bond acceptors (Lipinski definition) is 5. The fourth-order valence-corrected chi connectivity index (χ4v) is 6.47. The molecule has 2 amide bonds. The number of rotatable bonds is 14. The summed E-state index contributed by atoms with van der Waals surface area (Å²) in [6.45, 7) is 5.22. The molecule has 0 aliphatic carbocycles. The topological polar surface area (TPSA) is 121 Å². The highest BCUT2D eigenvalue weighted by atomic mass is 16.4. The first-order chi connectivity index (χ1) is 20.6. The van der Waals surface area contributed by atoms with Crippen molar-refractivity contribution in [3.05, 3.63) is 71.3 Å². The molecule has 2 aromatic rings. The Balaban J connectivity index is 1.48. The van der Waals surface area contributed by atoms with E-state index in [0.29, 0.717) is 57.5 Å². The van der Waals surface area contributed by atoms with Crippen molar-refractivity contribution >= 4 is 23.6 Å². The van der Waals surface area contributed by atoms with Crippen LogP contribution in [0.1, 0.15) is 75.5 Å². The Morgan fingerprint density at radius 3 is 2.07 bits per heavy atom. The molecule has 2 saturated heterocycles. The van der Waals surface area contributed by atoms with Gasteiger partial charge in [0.15, 0.2) is 0 Å². The average Bonchev–Trinajstić information content (AvgIpc) is 3.67. The molecule has 0 aromatic heterocycles. The molecule has 2 aromatic carbocycles. The minimum Gasteiger partial charge on any atom is -0.480 e. The van der Waals surface area contributed by atoms with Gasteiger partial charge < -0.3 is 20.6 Å². The quantitative estimate of drug-likeness (QED) is 0.337. The Hall–Kier alpha value is -3.52. The zero-order valence-electron chi connectivity index (χ0n) is 25.6. The molecular formula is C35H47N3O5. The van der Waals surface area contributed by atoms with Gasteiger partial charge in [-0.25, -0.2) is 4.79 Å². The van der Waals surface area contributed by atoms with E-state index in [4.69, 9.17) is 5.73 Å². The van der Waals surface area contributed by atoms with E-state index in [1.807, 2.05) is 42.5 Å². The third kappa shape index (κ3) is 8.99. The molecule has 0 spiro atoms. The normalized spacial score (nSPS) is 19.9. The van der Waals surface area contributed by atoms with Crippen LogP contribution in [0.25, 0.3) is 0 Å². The standard InChI is InChI=1S/C35H47N3O5/c1-24(2)12-13-25-14-16-27(17-15-25)20-28(22-30(39)23-29(36)21-26-8-4-3-5-9-26)33(40)37-18-6-10-31(37)34(41)38-19-7-11-32(38)35(42)43/h3-5,8-9,14-17,24,28-29,31-32H,6-7,10-13,18-23,36H2,1-2H3,(H,42,43). The highest BCUT2D eigenvalue weighted by Crippen LogP contribution is 2.28. The Morgan fingerprint density at radius 1 is 0.814 bits per heavy atom. The average molecular weight is 590 g/mol. The Kier molecular flexibility index (Phi) is 11.5. The second kappa shape index (κ2) is 15.3. The van der Waals surface area contributed by atoms with Crippen molar-refractivity contribution < 1.29 is 24.3 Å². The molecule has 8 heteroatoms. The number of amides is 2. The van der Waals surface area contributed by atoms with Crippen LogP contribution in [-0.2, 0) is 38.4 Å². The molecule has 2 fully saturated rings. The molecule has 2 aliphatic heterocycles. The van der Waals surface area contributed by atoms with Crippen molar-refractivity contribution in [2.75, 3.05) is 13.1 Å². The van der Waals surface area contributed by atoms with E-state index in [9.17, 15) is 24.3 Å². The lowest BCUT2D eigenvalue weighted by molar-refractivity contribution is -0.152. The number of carboxylic acid groups (broad SMARTS) is 1. The van der Waals surface area contributed by atoms with Gasteiger partial charge in [-0.3, -0.25) is 14.4 Å². The van der Waals surface area contributed by atoms with Crippen LogP contribution in [0.2, 0.25) is 0 Å². The molecule has 0 saturated carbocycles. The van der Waals surface area contributed by atoms with Crippen LogP contribution in [0.15, 0.2) is 54.6 Å². The van der Waals surface area contributed by atoms with Gasteiger partial charge in [-0.15, -0.1) is 0 Å². The molecular weight excluding hydrogens is 542 g/mol. The van der Waals surface area contributed by atoms with Crippen LogP contribution in [0.3, 0.4) is 0 Å². The number of benzene rings is 2. The van der Waals surface area contributed by atoms with Crippen LogP contribution >= 0.6 is 0 Å². The summed E-state index contributed by atoms with van der Waals surface area (Å²) in [4.78, 5) is 55.8. The Bertz CT molecular complexity index is 1250. The first-order valence-corrected chi connectivity index (χ1v) is 15.8. The third-order valence-electron chi connectivity index (χ3n) is 8.81. The number of ketones is 1. The fourth-order valence-electron chi connectivity index (χ4n) is 6.47. The van der Waals surface area contributed by atoms with E-state index >= 15 is 0 Å². The van der Waals surface area contributed by atoms with Crippen molar-refractivity contribution in [3.63, 3.8) is 0 Å². The highest BCUT2D eigenvalue weighted by molar-refractivity contribution is 5.93. The van der Waals surface area contributed by atoms with Gasteiger partial charge in [-0.05, 0) is 74.0 Å². The van der Waals surface area contributed by atoms with E-state index in [0.717, 1.165) is 24.0 Å². The van der Waals surface area contributed by atoms with Crippen LogP contribution in [0.5, 0.6) is 0 Å². The molecule has 2 aliphatic rings. The largest absolute Gasteiger partial charge is 0.480 e. The molecule has 43 heavy (non-hydrogen) atoms. The highest BCUT2D eigenvalue weighted by Gasteiger charge is 2.43. The summed E-state index contributed by atoms with van der Waals surface area (Å²) >= 11 is 0. The Morgan fingerprint density at radius 2 is 1.42 bits per heavy atom. The molecule has 4 rings (SSSR count). The number of aliphatic carboxylic acids is 1. The van der Waals surface area contributed by atoms with Crippen molar-refractivity contribution in [2.24, 2.45) is 17.6 Å². The number of carboxylic acids is 1. The van der Waals surface area contributed by atoms with E-state index in [2.05, 4.69) is 26.0 Å². The summed E-state index contributed by atoms with van der Waals surface area (Å²) < 4.78 is 0. The second-order valence-corrected chi connectivity index (χ2v) is 12.8. The van der Waals surface area contributed by atoms with E-state index < -0.39 is 24.0 Å². The molecule has 232 valence electrons. The number of carbonyl (C=O) groups excluding carboxylic acids is 3. The smallest absolute Gasteiger partial charge is 0.326 e. The van der Waals surface area contributed by atoms with Gasteiger partial charge in [-0.1, -0.05) is 68.4 Å². The predicted molar refractivity (Wildman–Crippen MR) is 166 cm³/mol. The summed E-state index contributed by atoms with van der Waals surface area (Å²) in [7, 11) is 0. The van der Waals surface area contributed by atoms with Crippen LogP contribution in [0.4, 0.5) is 0 Å². The molecule has 4 unspecified atom stereocenters. The lowest BCUT2D eigenvalue weighted by atomic mass is 9.89. The van der Waals surface area contributed by atoms with E-state index in [-0.39, 0.29) is 36.5 Å². The maximum Gasteiger partial charge on any atom is 0.326 e. The van der Waals surface area contributed by atoms with Crippen LogP contribution in [-0.4, -0.2) is 69.7 Å². The summed E-state index contributed by atoms with van der Waals surface area (Å²) in [6.07, 6.45) is 5.51. The first kappa shape index (κ1) is 32.4. The predicted octanol–water partition coefficient (Wildman–Crippen LogP) is 4.42. The van der Waals surface area contributed by atoms with Crippen molar-refractivity contribution in [2.45, 2.75) is 96.2 Å². The maximum absolute atomic E-state index is 14.1. The lowest BCUT2D eigenvalue weighted by Crippen LogP contribution is -2.52. The summed E-state index contributed by atoms with van der Waals surface area (Å²) in [5.74, 6) is -1.59. The molecule has 0 radical (unpaired) electrons. The summed E-state index contributed by atoms with van der Waals surface area (Å²) in [5.41, 5.74) is 9.63. The zero-order chi connectivity index (χ0) is 30.9. The lowest BCUT2D eigenvalue weighted by Gasteiger charge is -2.32. The van der Waals surface area contributed by atoms with E-state index in [1.165, 1.54) is 10.5 Å². The Labute approximate surface area is 255 Å². The summed E-state index contributed by atoms with van der Waals surface area (Å²) in [5, 5.41) is 9.62. The number of nitrogens with zero attached hydrogens (tertiary/aromatic N) is 2. The second-order valence-electron chi connectivity index (χ2n) is 12.8. The molecule has 2 heterocycles. The van der Waals surface area contributed by atoms with Crippen molar-refractivity contribution in [1.29, 1.82) is 0 Å². The first-order valence-electron chi connectivity index (χ1n) is 15.8. The number of likely N-dealkylation sites (tertiary alicyclic amines) is 2. The van der Waals surface area contributed by atoms with Gasteiger partial charge in [0.2, 0.25) is 11.8 Å². The van der Waals surface area contributed by atoms with Crippen molar-refractivity contribution in [1.82, 2.24) is 9.80 Å². The number of hydrogen-bond donors (Lipinski definition) is 2. The van der Waals surface area contributed by atoms with Gasteiger partial charge >= 0.3 is 5.97 Å². The van der Waals surface area contributed by atoms with Gasteiger partial charge in [0, 0.05) is 37.9 Å². The SMILES string of the molecule is CC(C)CCc1ccc(CC(CC(=O)CC(N)Cc2ccccc2)C(=O)N2CCCC2C(=O)N2CCCC2C(=O)O)cc1. The number of nitrogens with two attached hydrogens (primary N) is 1. The molecule has 0 bridgehead atoms. The minimum absolute atomic E-state index is 0.0509. The molecule has 3 N–H and O–H groups in total. The third-order valence-corrected chi connectivity index (χ3v) is 8.81. The summed E-state index contributed by atoms with van der Waals surface area (Å²) in [6, 6.07) is 16.2. The molecule has 8 nitrogen and oxygen atoms in total. The number of aryl methyl sites for hydroxylation is 1. The maximum atomic E-state index is 14.1. The zero-order valence-corrected chi connectivity index (χ0v) is 25.6. The van der Waals surface area contributed by atoms with Gasteiger partial charge in [0.25, 0.3) is 0 Å².